The molecule has 0 aromatic heterocycles. The van der Waals surface area contributed by atoms with Crippen molar-refractivity contribution in [2.75, 3.05) is 48.0 Å². The van der Waals surface area contributed by atoms with Gasteiger partial charge in [-0.1, -0.05) is 12.1 Å². The molecule has 0 radical (unpaired) electrons. The maximum Gasteiger partial charge on any atom is 0.442 e. The number of carbonyl (C=O) groups excluding carboxylic acids is 2. The summed E-state index contributed by atoms with van der Waals surface area (Å²) >= 11 is 0. The van der Waals surface area contributed by atoms with Crippen molar-refractivity contribution < 1.29 is 69.1 Å². The number of ether oxygens (including phenoxy) is 7. The molecule has 3 rings (SSSR count). The molecule has 1 N–H and O–H groups in total. The molecule has 0 bridgehead atoms. The molecule has 1 amide bonds. The van der Waals surface area contributed by atoms with Gasteiger partial charge in [0.25, 0.3) is 5.91 Å². The number of anilines is 1. The van der Waals surface area contributed by atoms with Crippen LogP contribution >= 0.6 is 0 Å². The minimum Gasteiger partial charge on any atom is -0.493 e. The largest absolute Gasteiger partial charge is 0.493 e. The summed E-state index contributed by atoms with van der Waals surface area (Å²) in [5.74, 6) is -2.91. The predicted molar refractivity (Wildman–Crippen MR) is 146 cm³/mol. The average Bonchev–Trinajstić information content (AvgIpc) is 3.00. The number of halogens is 6. The third-order valence-corrected chi connectivity index (χ3v) is 6.42. The van der Waals surface area contributed by atoms with Gasteiger partial charge in [0, 0.05) is 16.8 Å². The molecule has 45 heavy (non-hydrogen) atoms. The Bertz CT molecular complexity index is 1470. The standard InChI is InChI=1S/C29H27F6NO9/c1-39-19-11-15(12-20(40-2)23(19)43-5)25(37)36-18-9-7-17(8-10-18)27(28(30,31)32,29(33,34)35)45-26(38)16-13-21(41-3)24(44-6)22(14-16)42-4/h7-14H,1-6H3,(H,36,37). The second kappa shape index (κ2) is 13.3. The number of benzene rings is 3. The molecule has 0 spiro atoms. The molecule has 0 saturated heterocycles. The Hall–Kier alpha value is -5.02. The second-order valence-corrected chi connectivity index (χ2v) is 8.93. The van der Waals surface area contributed by atoms with Crippen molar-refractivity contribution >= 4 is 17.6 Å². The van der Waals surface area contributed by atoms with Crippen LogP contribution in [0.1, 0.15) is 26.3 Å². The Morgan fingerprint density at radius 1 is 0.578 bits per heavy atom. The fourth-order valence-electron chi connectivity index (χ4n) is 4.26. The number of alkyl halides is 6. The average molecular weight is 648 g/mol. The number of hydrogen-bond acceptors (Lipinski definition) is 9. The maximum absolute atomic E-state index is 14.4. The molecule has 0 aliphatic heterocycles. The summed E-state index contributed by atoms with van der Waals surface area (Å²) in [5, 5.41) is 2.36. The number of rotatable bonds is 11. The van der Waals surface area contributed by atoms with Gasteiger partial charge in [-0.2, -0.15) is 26.3 Å². The van der Waals surface area contributed by atoms with Gasteiger partial charge < -0.3 is 38.5 Å². The van der Waals surface area contributed by atoms with E-state index in [1.165, 1.54) is 40.6 Å². The van der Waals surface area contributed by atoms with Crippen LogP contribution in [0.4, 0.5) is 32.0 Å². The molecule has 16 heteroatoms. The lowest BCUT2D eigenvalue weighted by atomic mass is 9.91. The van der Waals surface area contributed by atoms with E-state index in [-0.39, 0.29) is 45.7 Å². The molecule has 0 aliphatic carbocycles. The van der Waals surface area contributed by atoms with E-state index in [9.17, 15) is 35.9 Å². The molecule has 10 nitrogen and oxygen atoms in total. The topological polar surface area (TPSA) is 111 Å². The van der Waals surface area contributed by atoms with Crippen molar-refractivity contribution in [3.63, 3.8) is 0 Å². The SMILES string of the molecule is COc1cc(C(=O)Nc2ccc(C(OC(=O)c3cc(OC)c(OC)c(OC)c3)(C(F)(F)F)C(F)(F)F)cc2)cc(OC)c1OC. The monoisotopic (exact) mass is 647 g/mol. The van der Waals surface area contributed by atoms with Gasteiger partial charge in [0.05, 0.1) is 48.2 Å². The summed E-state index contributed by atoms with van der Waals surface area (Å²) in [6, 6.07) is 6.65. The quantitative estimate of drug-likeness (QED) is 0.193. The first-order chi connectivity index (χ1) is 21.1. The van der Waals surface area contributed by atoms with Crippen molar-refractivity contribution in [3.05, 3.63) is 65.2 Å². The van der Waals surface area contributed by atoms with E-state index < -0.39 is 41.0 Å². The minimum absolute atomic E-state index is 0.0345. The van der Waals surface area contributed by atoms with Crippen molar-refractivity contribution in [1.82, 2.24) is 0 Å². The third-order valence-electron chi connectivity index (χ3n) is 6.42. The zero-order valence-electron chi connectivity index (χ0n) is 24.6. The fraction of sp³-hybridized carbons (Fsp3) is 0.310. The normalized spacial score (nSPS) is 11.7. The van der Waals surface area contributed by atoms with Crippen molar-refractivity contribution in [3.8, 4) is 34.5 Å². The lowest BCUT2D eigenvalue weighted by molar-refractivity contribution is -0.373. The molecule has 0 aliphatic rings. The first-order valence-electron chi connectivity index (χ1n) is 12.5. The van der Waals surface area contributed by atoms with Crippen molar-refractivity contribution in [2.24, 2.45) is 0 Å². The second-order valence-electron chi connectivity index (χ2n) is 8.93. The summed E-state index contributed by atoms with van der Waals surface area (Å²) in [4.78, 5) is 25.8. The molecular weight excluding hydrogens is 620 g/mol. The fourth-order valence-corrected chi connectivity index (χ4v) is 4.26. The molecular formula is C29H27F6NO9. The van der Waals surface area contributed by atoms with Gasteiger partial charge in [0.1, 0.15) is 0 Å². The lowest BCUT2D eigenvalue weighted by Gasteiger charge is -2.37. The number of carbonyl (C=O) groups is 2. The smallest absolute Gasteiger partial charge is 0.442 e. The van der Waals surface area contributed by atoms with Crippen LogP contribution in [0.5, 0.6) is 34.5 Å². The van der Waals surface area contributed by atoms with Gasteiger partial charge in [0.2, 0.25) is 11.5 Å². The first kappa shape index (κ1) is 34.5. The molecule has 0 heterocycles. The van der Waals surface area contributed by atoms with E-state index in [0.29, 0.717) is 12.1 Å². The van der Waals surface area contributed by atoms with Crippen molar-refractivity contribution in [2.45, 2.75) is 18.0 Å². The van der Waals surface area contributed by atoms with Crippen LogP contribution in [0.15, 0.2) is 48.5 Å². The van der Waals surface area contributed by atoms with Crippen LogP contribution in [-0.2, 0) is 10.3 Å². The lowest BCUT2D eigenvalue weighted by Crippen LogP contribution is -2.56. The van der Waals surface area contributed by atoms with E-state index in [0.717, 1.165) is 38.5 Å². The Morgan fingerprint density at radius 3 is 1.29 bits per heavy atom. The van der Waals surface area contributed by atoms with Gasteiger partial charge in [-0.15, -0.1) is 0 Å². The minimum atomic E-state index is -6.19. The van der Waals surface area contributed by atoms with Crippen molar-refractivity contribution in [1.29, 1.82) is 0 Å². The molecule has 0 fully saturated rings. The highest BCUT2D eigenvalue weighted by Gasteiger charge is 2.75. The van der Waals surface area contributed by atoms with Crippen LogP contribution in [-0.4, -0.2) is 66.9 Å². The number of nitrogens with one attached hydrogen (secondary N) is 1. The van der Waals surface area contributed by atoms with E-state index in [2.05, 4.69) is 10.1 Å². The van der Waals surface area contributed by atoms with Crippen LogP contribution in [0.25, 0.3) is 0 Å². The Morgan fingerprint density at radius 2 is 0.956 bits per heavy atom. The van der Waals surface area contributed by atoms with Gasteiger partial charge >= 0.3 is 23.9 Å². The molecule has 244 valence electrons. The third kappa shape index (κ3) is 6.58. The highest BCUT2D eigenvalue weighted by molar-refractivity contribution is 6.05. The van der Waals surface area contributed by atoms with E-state index >= 15 is 0 Å². The molecule has 3 aromatic rings. The number of amides is 1. The highest BCUT2D eigenvalue weighted by atomic mass is 19.4. The summed E-state index contributed by atoms with van der Waals surface area (Å²) in [6.07, 6.45) is -12.4. The summed E-state index contributed by atoms with van der Waals surface area (Å²) < 4.78 is 121. The van der Waals surface area contributed by atoms with E-state index in [1.807, 2.05) is 0 Å². The number of methoxy groups -OCH3 is 6. The van der Waals surface area contributed by atoms with Gasteiger partial charge in [-0.05, 0) is 36.4 Å². The molecule has 0 atom stereocenters. The Balaban J connectivity index is 2.04. The molecule has 3 aromatic carbocycles. The number of hydrogen-bond donors (Lipinski definition) is 1. The summed E-state index contributed by atoms with van der Waals surface area (Å²) in [6.45, 7) is 0. The van der Waals surface area contributed by atoms with E-state index in [1.54, 1.807) is 0 Å². The van der Waals surface area contributed by atoms with Gasteiger partial charge in [-0.3, -0.25) is 4.79 Å². The van der Waals surface area contributed by atoms with Gasteiger partial charge in [0.15, 0.2) is 23.0 Å². The molecule has 0 saturated carbocycles. The van der Waals surface area contributed by atoms with E-state index in [4.69, 9.17) is 28.4 Å². The molecule has 0 unspecified atom stereocenters. The van der Waals surface area contributed by atoms with Crippen LogP contribution in [0, 0.1) is 0 Å². The Kier molecular flexibility index (Phi) is 10.2. The summed E-state index contributed by atoms with van der Waals surface area (Å²) in [7, 11) is 7.41. The zero-order valence-corrected chi connectivity index (χ0v) is 24.6. The van der Waals surface area contributed by atoms with Gasteiger partial charge in [-0.25, -0.2) is 4.79 Å². The van der Waals surface area contributed by atoms with Crippen LogP contribution in [0.2, 0.25) is 0 Å². The maximum atomic E-state index is 14.4. The highest BCUT2D eigenvalue weighted by Crippen LogP contribution is 2.54. The van der Waals surface area contributed by atoms with Crippen LogP contribution in [0.3, 0.4) is 0 Å². The Labute approximate surface area is 252 Å². The summed E-state index contributed by atoms with van der Waals surface area (Å²) in [5.41, 5.74) is -7.58. The predicted octanol–water partition coefficient (Wildman–Crippen LogP) is 6.17. The van der Waals surface area contributed by atoms with Crippen LogP contribution < -0.4 is 33.7 Å². The number of esters is 1. The zero-order chi connectivity index (χ0) is 33.7. The first-order valence-corrected chi connectivity index (χ1v) is 12.5.